The molecule has 1 atom stereocenters. The number of methoxy groups -OCH3 is 1. The van der Waals surface area contributed by atoms with Gasteiger partial charge in [0.25, 0.3) is 0 Å². The molecule has 0 bridgehead atoms. The fourth-order valence-corrected chi connectivity index (χ4v) is 0.850. The van der Waals surface area contributed by atoms with E-state index in [2.05, 4.69) is 21.0 Å². The molecule has 0 fully saturated rings. The summed E-state index contributed by atoms with van der Waals surface area (Å²) in [6.45, 7) is 3.25. The first kappa shape index (κ1) is 13.3. The molecule has 0 aromatic carbocycles. The fourth-order valence-electron chi connectivity index (χ4n) is 0.850. The highest BCUT2D eigenvalue weighted by Gasteiger charge is 2.06. The zero-order valence-corrected chi connectivity index (χ0v) is 9.44. The van der Waals surface area contributed by atoms with E-state index in [0.717, 1.165) is 13.0 Å². The van der Waals surface area contributed by atoms with Crippen molar-refractivity contribution in [3.63, 3.8) is 0 Å². The number of halogens is 1. The molecule has 3 heteroatoms. The van der Waals surface area contributed by atoms with Crippen molar-refractivity contribution in [1.29, 1.82) is 0 Å². The van der Waals surface area contributed by atoms with Crippen LogP contribution in [-0.4, -0.2) is 33.9 Å². The maximum atomic E-state index is 5.19. The van der Waals surface area contributed by atoms with E-state index in [-0.39, 0.29) is 24.0 Å². The van der Waals surface area contributed by atoms with Crippen molar-refractivity contribution in [2.75, 3.05) is 27.7 Å². The van der Waals surface area contributed by atoms with Gasteiger partial charge in [0.15, 0.2) is 0 Å². The lowest BCUT2D eigenvalue weighted by atomic mass is 10.3. The van der Waals surface area contributed by atoms with Gasteiger partial charge in [-0.25, -0.2) is 0 Å². The molecule has 0 aromatic heterocycles. The maximum absolute atomic E-state index is 5.19. The van der Waals surface area contributed by atoms with Crippen LogP contribution >= 0.6 is 0 Å². The summed E-state index contributed by atoms with van der Waals surface area (Å²) < 4.78 is 5.19. The van der Waals surface area contributed by atoms with Crippen molar-refractivity contribution in [2.24, 2.45) is 0 Å². The number of hydrogen-bond donors (Lipinski definition) is 1. The third-order valence-corrected chi connectivity index (χ3v) is 1.42. The highest BCUT2D eigenvalue weighted by Crippen LogP contribution is 1.90. The van der Waals surface area contributed by atoms with Crippen LogP contribution in [0.15, 0.2) is 0 Å². The second-order valence-electron chi connectivity index (χ2n) is 2.68. The molecule has 0 aliphatic carbocycles. The van der Waals surface area contributed by atoms with Crippen molar-refractivity contribution in [2.45, 2.75) is 19.4 Å². The lowest BCUT2D eigenvalue weighted by Crippen LogP contribution is -3.07. The molecule has 0 saturated carbocycles. The zero-order valence-electron chi connectivity index (χ0n) is 7.28. The van der Waals surface area contributed by atoms with Crippen molar-refractivity contribution in [3.05, 3.63) is 0 Å². The largest absolute Gasteiger partial charge is 1.00 e. The highest BCUT2D eigenvalue weighted by molar-refractivity contribution is 4.48. The molecule has 0 spiro atoms. The molecule has 0 amide bonds. The first-order valence-electron chi connectivity index (χ1n) is 3.52. The standard InChI is InChI=1S/C7H17NO.HI/c1-5-7(9-4)6-8(2)3;/h7H,5-6H2,1-4H3;1H. The van der Waals surface area contributed by atoms with Crippen LogP contribution in [0.2, 0.25) is 0 Å². The molecule has 1 N–H and O–H groups in total. The Kier molecular flexibility index (Phi) is 10.3. The average Bonchev–Trinajstić information content (AvgIpc) is 1.82. The zero-order chi connectivity index (χ0) is 7.28. The molecular weight excluding hydrogens is 241 g/mol. The summed E-state index contributed by atoms with van der Waals surface area (Å²) in [5, 5.41) is 0. The van der Waals surface area contributed by atoms with E-state index >= 15 is 0 Å². The molecule has 0 heterocycles. The summed E-state index contributed by atoms with van der Waals surface area (Å²) in [7, 11) is 6.06. The Morgan fingerprint density at radius 2 is 1.90 bits per heavy atom. The molecule has 10 heavy (non-hydrogen) atoms. The Hall–Kier alpha value is 0.650. The summed E-state index contributed by atoms with van der Waals surface area (Å²) in [5.74, 6) is 0. The molecule has 0 rings (SSSR count). The first-order chi connectivity index (χ1) is 4.20. The average molecular weight is 259 g/mol. The molecule has 0 radical (unpaired) electrons. The van der Waals surface area contributed by atoms with E-state index in [9.17, 15) is 0 Å². The van der Waals surface area contributed by atoms with Crippen molar-refractivity contribution >= 4 is 0 Å². The number of quaternary nitrogens is 1. The van der Waals surface area contributed by atoms with Gasteiger partial charge in [-0.2, -0.15) is 0 Å². The third kappa shape index (κ3) is 6.77. The lowest BCUT2D eigenvalue weighted by Gasteiger charge is -2.14. The molecule has 0 aliphatic heterocycles. The molecule has 1 unspecified atom stereocenters. The SMILES string of the molecule is CCC(C[NH+](C)C)OC.[I-]. The number of likely N-dealkylation sites (N-methyl/N-ethyl adjacent to an activating group) is 1. The fraction of sp³-hybridized carbons (Fsp3) is 1.00. The Labute approximate surface area is 80.9 Å². The molecule has 0 aromatic rings. The van der Waals surface area contributed by atoms with Gasteiger partial charge in [-0.1, -0.05) is 6.92 Å². The van der Waals surface area contributed by atoms with E-state index in [1.807, 2.05) is 0 Å². The molecule has 2 nitrogen and oxygen atoms in total. The minimum atomic E-state index is 0. The van der Waals surface area contributed by atoms with Crippen LogP contribution in [0.1, 0.15) is 13.3 Å². The van der Waals surface area contributed by atoms with Gasteiger partial charge in [-0.15, -0.1) is 0 Å². The topological polar surface area (TPSA) is 13.7 Å². The monoisotopic (exact) mass is 259 g/mol. The van der Waals surface area contributed by atoms with Crippen LogP contribution < -0.4 is 28.9 Å². The molecule has 0 aliphatic rings. The van der Waals surface area contributed by atoms with Crippen LogP contribution in [0.5, 0.6) is 0 Å². The van der Waals surface area contributed by atoms with Gasteiger partial charge in [0, 0.05) is 7.11 Å². The minimum absolute atomic E-state index is 0. The van der Waals surface area contributed by atoms with Crippen LogP contribution in [0.25, 0.3) is 0 Å². The van der Waals surface area contributed by atoms with E-state index in [1.165, 1.54) is 4.90 Å². The van der Waals surface area contributed by atoms with Crippen molar-refractivity contribution in [1.82, 2.24) is 0 Å². The quantitative estimate of drug-likeness (QED) is 0.519. The smallest absolute Gasteiger partial charge is 0.106 e. The predicted molar refractivity (Wildman–Crippen MR) is 38.8 cm³/mol. The number of nitrogens with one attached hydrogen (secondary N) is 1. The molecular formula is C7H18INO. The van der Waals surface area contributed by atoms with Crippen molar-refractivity contribution in [3.8, 4) is 0 Å². The summed E-state index contributed by atoms with van der Waals surface area (Å²) >= 11 is 0. The third-order valence-electron chi connectivity index (χ3n) is 1.42. The second kappa shape index (κ2) is 7.75. The van der Waals surface area contributed by atoms with Gasteiger partial charge >= 0.3 is 0 Å². The lowest BCUT2D eigenvalue weighted by molar-refractivity contribution is -0.861. The maximum Gasteiger partial charge on any atom is 0.106 e. The van der Waals surface area contributed by atoms with Gasteiger partial charge < -0.3 is 33.6 Å². The summed E-state index contributed by atoms with van der Waals surface area (Å²) in [6, 6.07) is 0. The Bertz CT molecular complexity index is 64.6. The highest BCUT2D eigenvalue weighted by atomic mass is 127. The normalized spacial score (nSPS) is 12.9. The Balaban J connectivity index is 0. The molecule has 64 valence electrons. The summed E-state index contributed by atoms with van der Waals surface area (Å²) in [5.41, 5.74) is 0. The first-order valence-corrected chi connectivity index (χ1v) is 3.52. The molecule has 0 saturated heterocycles. The predicted octanol–water partition coefficient (Wildman–Crippen LogP) is -3.44. The van der Waals surface area contributed by atoms with Crippen LogP contribution in [-0.2, 0) is 4.74 Å². The van der Waals surface area contributed by atoms with E-state index < -0.39 is 0 Å². The van der Waals surface area contributed by atoms with Gasteiger partial charge in [0.05, 0.1) is 14.1 Å². The van der Waals surface area contributed by atoms with Gasteiger partial charge in [0.1, 0.15) is 12.6 Å². The van der Waals surface area contributed by atoms with Gasteiger partial charge in [0.2, 0.25) is 0 Å². The Morgan fingerprint density at radius 1 is 1.40 bits per heavy atom. The minimum Gasteiger partial charge on any atom is -1.00 e. The van der Waals surface area contributed by atoms with Crippen LogP contribution in [0.3, 0.4) is 0 Å². The van der Waals surface area contributed by atoms with Gasteiger partial charge in [-0.3, -0.25) is 0 Å². The van der Waals surface area contributed by atoms with Crippen LogP contribution in [0.4, 0.5) is 0 Å². The number of ether oxygens (including phenoxy) is 1. The number of rotatable bonds is 4. The Morgan fingerprint density at radius 3 is 2.00 bits per heavy atom. The van der Waals surface area contributed by atoms with E-state index in [1.54, 1.807) is 7.11 Å². The summed E-state index contributed by atoms with van der Waals surface area (Å²) in [6.07, 6.45) is 1.55. The number of hydrogen-bond acceptors (Lipinski definition) is 1. The van der Waals surface area contributed by atoms with Gasteiger partial charge in [-0.05, 0) is 6.42 Å². The van der Waals surface area contributed by atoms with Crippen molar-refractivity contribution < 1.29 is 33.6 Å². The van der Waals surface area contributed by atoms with E-state index in [4.69, 9.17) is 4.74 Å². The van der Waals surface area contributed by atoms with E-state index in [0.29, 0.717) is 6.10 Å². The summed E-state index contributed by atoms with van der Waals surface area (Å²) in [4.78, 5) is 1.45. The second-order valence-corrected chi connectivity index (χ2v) is 2.68. The van der Waals surface area contributed by atoms with Crippen LogP contribution in [0, 0.1) is 0 Å².